The average molecular weight is 265 g/mol. The summed E-state index contributed by atoms with van der Waals surface area (Å²) in [7, 11) is 3.49. The zero-order valence-electron chi connectivity index (χ0n) is 10.5. The minimum Gasteiger partial charge on any atom is -0.497 e. The van der Waals surface area contributed by atoms with Gasteiger partial charge in [0, 0.05) is 7.05 Å². The quantitative estimate of drug-likeness (QED) is 0.863. The number of nitrogens with zero attached hydrogens (tertiary/aromatic N) is 2. The van der Waals surface area contributed by atoms with Gasteiger partial charge in [-0.25, -0.2) is 0 Å². The smallest absolute Gasteiger partial charge is 0.195 e. The second-order valence-electron chi connectivity index (χ2n) is 3.88. The lowest BCUT2D eigenvalue weighted by molar-refractivity contribution is 0.212. The Morgan fingerprint density at radius 1 is 1.28 bits per heavy atom. The Kier molecular flexibility index (Phi) is 3.66. The summed E-state index contributed by atoms with van der Waals surface area (Å²) < 4.78 is 13.3. The Balaban J connectivity index is 2.13. The number of aromatic nitrogens is 3. The second kappa shape index (κ2) is 5.22. The maximum atomic E-state index is 5.79. The Labute approximate surface area is 110 Å². The molecule has 0 fully saturated rings. The van der Waals surface area contributed by atoms with Gasteiger partial charge in [-0.1, -0.05) is 0 Å². The first-order valence-corrected chi connectivity index (χ1v) is 5.94. The van der Waals surface area contributed by atoms with Crippen molar-refractivity contribution in [3.8, 4) is 11.5 Å². The average Bonchev–Trinajstić information content (AvgIpc) is 2.71. The van der Waals surface area contributed by atoms with Crippen LogP contribution in [0.15, 0.2) is 24.3 Å². The van der Waals surface area contributed by atoms with Crippen LogP contribution in [0.2, 0.25) is 0 Å². The number of methoxy groups -OCH3 is 1. The van der Waals surface area contributed by atoms with Crippen molar-refractivity contribution in [1.82, 2.24) is 14.8 Å². The third-order valence-electron chi connectivity index (χ3n) is 2.65. The van der Waals surface area contributed by atoms with E-state index in [9.17, 15) is 0 Å². The molecule has 96 valence electrons. The van der Waals surface area contributed by atoms with Crippen molar-refractivity contribution >= 4 is 12.2 Å². The van der Waals surface area contributed by atoms with Crippen molar-refractivity contribution in [2.75, 3.05) is 7.11 Å². The van der Waals surface area contributed by atoms with E-state index in [4.69, 9.17) is 21.7 Å². The molecule has 1 aromatic heterocycles. The molecule has 5 nitrogen and oxygen atoms in total. The molecule has 0 radical (unpaired) electrons. The highest BCUT2D eigenvalue weighted by Gasteiger charge is 2.13. The first-order valence-electron chi connectivity index (χ1n) is 5.54. The van der Waals surface area contributed by atoms with Crippen LogP contribution in [0, 0.1) is 4.77 Å². The molecule has 1 atom stereocenters. The van der Waals surface area contributed by atoms with Gasteiger partial charge in [-0.2, -0.15) is 5.10 Å². The van der Waals surface area contributed by atoms with E-state index < -0.39 is 0 Å². The Morgan fingerprint density at radius 2 is 1.89 bits per heavy atom. The maximum absolute atomic E-state index is 5.79. The topological polar surface area (TPSA) is 52.1 Å². The highest BCUT2D eigenvalue weighted by atomic mass is 32.1. The molecule has 0 aliphatic heterocycles. The largest absolute Gasteiger partial charge is 0.497 e. The van der Waals surface area contributed by atoms with Gasteiger partial charge in [-0.3, -0.25) is 5.10 Å². The predicted molar refractivity (Wildman–Crippen MR) is 70.4 cm³/mol. The Hall–Kier alpha value is -1.82. The van der Waals surface area contributed by atoms with Gasteiger partial charge in [0.25, 0.3) is 0 Å². The number of rotatable bonds is 4. The molecule has 2 aromatic rings. The molecule has 6 heteroatoms. The number of ether oxygens (including phenoxy) is 2. The Bertz CT molecular complexity index is 574. The van der Waals surface area contributed by atoms with E-state index >= 15 is 0 Å². The van der Waals surface area contributed by atoms with Crippen LogP contribution in [0.5, 0.6) is 11.5 Å². The van der Waals surface area contributed by atoms with E-state index in [0.717, 1.165) is 17.3 Å². The molecule has 0 bridgehead atoms. The molecular weight excluding hydrogens is 250 g/mol. The fourth-order valence-corrected chi connectivity index (χ4v) is 1.77. The van der Waals surface area contributed by atoms with E-state index in [2.05, 4.69) is 10.2 Å². The highest BCUT2D eigenvalue weighted by Crippen LogP contribution is 2.22. The van der Waals surface area contributed by atoms with Crippen molar-refractivity contribution in [2.24, 2.45) is 7.05 Å². The molecule has 0 amide bonds. The molecule has 0 spiro atoms. The van der Waals surface area contributed by atoms with Gasteiger partial charge in [-0.15, -0.1) is 0 Å². The first kappa shape index (κ1) is 12.6. The molecule has 2 rings (SSSR count). The zero-order chi connectivity index (χ0) is 13.1. The summed E-state index contributed by atoms with van der Waals surface area (Å²) in [6, 6.07) is 7.42. The second-order valence-corrected chi connectivity index (χ2v) is 4.27. The summed E-state index contributed by atoms with van der Waals surface area (Å²) in [5.41, 5.74) is 0. The summed E-state index contributed by atoms with van der Waals surface area (Å²) in [4.78, 5) is 0. The molecule has 0 aliphatic carbocycles. The number of hydrogen-bond donors (Lipinski definition) is 1. The number of benzene rings is 1. The number of nitrogens with one attached hydrogen (secondary N) is 1. The zero-order valence-corrected chi connectivity index (χ0v) is 11.3. The molecule has 0 unspecified atom stereocenters. The fourth-order valence-electron chi connectivity index (χ4n) is 1.63. The molecule has 18 heavy (non-hydrogen) atoms. The van der Waals surface area contributed by atoms with Gasteiger partial charge in [0.15, 0.2) is 16.7 Å². The molecule has 1 aromatic carbocycles. The fraction of sp³-hybridized carbons (Fsp3) is 0.333. The van der Waals surface area contributed by atoms with Crippen LogP contribution in [0.3, 0.4) is 0 Å². The minimum absolute atomic E-state index is 0.184. The third-order valence-corrected chi connectivity index (χ3v) is 3.02. The predicted octanol–water partition coefficient (Wildman–Crippen LogP) is 2.63. The van der Waals surface area contributed by atoms with Gasteiger partial charge in [0.1, 0.15) is 11.5 Å². The van der Waals surface area contributed by atoms with Gasteiger partial charge in [-0.05, 0) is 43.4 Å². The Morgan fingerprint density at radius 3 is 2.39 bits per heavy atom. The summed E-state index contributed by atoms with van der Waals surface area (Å²) in [5.74, 6) is 2.32. The lowest BCUT2D eigenvalue weighted by atomic mass is 10.3. The highest BCUT2D eigenvalue weighted by molar-refractivity contribution is 7.71. The van der Waals surface area contributed by atoms with Crippen LogP contribution < -0.4 is 9.47 Å². The lowest BCUT2D eigenvalue weighted by Gasteiger charge is -2.13. The van der Waals surface area contributed by atoms with Crippen LogP contribution in [0.1, 0.15) is 18.9 Å². The monoisotopic (exact) mass is 265 g/mol. The maximum Gasteiger partial charge on any atom is 0.195 e. The molecule has 1 N–H and O–H groups in total. The number of aromatic amines is 1. The molecule has 0 saturated carbocycles. The van der Waals surface area contributed by atoms with Gasteiger partial charge in [0.2, 0.25) is 0 Å². The molecule has 1 heterocycles. The van der Waals surface area contributed by atoms with Crippen molar-refractivity contribution < 1.29 is 9.47 Å². The summed E-state index contributed by atoms with van der Waals surface area (Å²) in [6.45, 7) is 1.93. The molecule has 0 aliphatic rings. The van der Waals surface area contributed by atoms with Gasteiger partial charge >= 0.3 is 0 Å². The lowest BCUT2D eigenvalue weighted by Crippen LogP contribution is -2.09. The van der Waals surface area contributed by atoms with Crippen LogP contribution >= 0.6 is 12.2 Å². The van der Waals surface area contributed by atoms with E-state index in [1.54, 1.807) is 11.7 Å². The van der Waals surface area contributed by atoms with Crippen LogP contribution in [-0.4, -0.2) is 21.9 Å². The van der Waals surface area contributed by atoms with Gasteiger partial charge in [0.05, 0.1) is 7.11 Å². The van der Waals surface area contributed by atoms with E-state index in [0.29, 0.717) is 4.77 Å². The van der Waals surface area contributed by atoms with E-state index in [-0.39, 0.29) is 6.10 Å². The number of hydrogen-bond acceptors (Lipinski definition) is 4. The van der Waals surface area contributed by atoms with Crippen molar-refractivity contribution in [3.63, 3.8) is 0 Å². The van der Waals surface area contributed by atoms with Crippen LogP contribution in [0.25, 0.3) is 0 Å². The molecular formula is C12H15N3O2S. The number of H-pyrrole nitrogens is 1. The van der Waals surface area contributed by atoms with Crippen LogP contribution in [-0.2, 0) is 7.05 Å². The van der Waals surface area contributed by atoms with Crippen molar-refractivity contribution in [3.05, 3.63) is 34.9 Å². The summed E-state index contributed by atoms with van der Waals surface area (Å²) in [6.07, 6.45) is -0.184. The van der Waals surface area contributed by atoms with Crippen molar-refractivity contribution in [2.45, 2.75) is 13.0 Å². The minimum atomic E-state index is -0.184. The SMILES string of the molecule is COc1ccc(O[C@H](C)c2n[nH]c(=S)n2C)cc1. The third kappa shape index (κ3) is 2.53. The summed E-state index contributed by atoms with van der Waals surface area (Å²) >= 11 is 5.06. The van der Waals surface area contributed by atoms with Gasteiger partial charge < -0.3 is 14.0 Å². The normalized spacial score (nSPS) is 12.2. The van der Waals surface area contributed by atoms with Crippen LogP contribution in [0.4, 0.5) is 0 Å². The first-order chi connectivity index (χ1) is 8.61. The van der Waals surface area contributed by atoms with E-state index in [1.807, 2.05) is 38.2 Å². The standard InChI is InChI=1S/C12H15N3O2S/c1-8(11-13-14-12(18)15(11)2)17-10-6-4-9(16-3)5-7-10/h4-8H,1-3H3,(H,14,18)/t8-/m1/s1. The van der Waals surface area contributed by atoms with E-state index in [1.165, 1.54) is 0 Å². The summed E-state index contributed by atoms with van der Waals surface area (Å²) in [5, 5.41) is 6.88. The van der Waals surface area contributed by atoms with Crippen molar-refractivity contribution in [1.29, 1.82) is 0 Å². The molecule has 0 saturated heterocycles.